The number of thiophene rings is 1. The molecule has 0 aliphatic carbocycles. The fourth-order valence-corrected chi connectivity index (χ4v) is 7.90. The van der Waals surface area contributed by atoms with Crippen LogP contribution in [0, 0.1) is 5.92 Å². The number of ether oxygens (including phenoxy) is 1. The van der Waals surface area contributed by atoms with Crippen LogP contribution < -0.4 is 4.80 Å². The normalized spacial score (nSPS) is 18.6. The third kappa shape index (κ3) is 4.86. The predicted octanol–water partition coefficient (Wildman–Crippen LogP) is 3.70. The second-order valence-corrected chi connectivity index (χ2v) is 12.3. The average Bonchev–Trinajstić information content (AvgIpc) is 3.41. The summed E-state index contributed by atoms with van der Waals surface area (Å²) in [5, 5.41) is 1.74. The molecule has 11 heteroatoms. The number of piperidine rings is 1. The lowest BCUT2D eigenvalue weighted by molar-refractivity contribution is -0.122. The lowest BCUT2D eigenvalue weighted by Gasteiger charge is -2.29. The minimum absolute atomic E-state index is 0.164. The van der Waals surface area contributed by atoms with Crippen molar-refractivity contribution in [3.05, 3.63) is 45.0 Å². The van der Waals surface area contributed by atoms with Gasteiger partial charge in [-0.15, -0.1) is 11.3 Å². The smallest absolute Gasteiger partial charge is 0.252 e. The molecule has 1 saturated heterocycles. The fraction of sp³-hybridized carbons (Fsp3) is 0.400. The zero-order valence-electron chi connectivity index (χ0n) is 16.9. The highest BCUT2D eigenvalue weighted by Gasteiger charge is 2.33. The zero-order valence-corrected chi connectivity index (χ0v) is 20.9. The average molecular weight is 545 g/mol. The van der Waals surface area contributed by atoms with Crippen molar-refractivity contribution < 1.29 is 17.9 Å². The summed E-state index contributed by atoms with van der Waals surface area (Å²) in [6, 6.07) is 9.27. The maximum atomic E-state index is 13.1. The Morgan fingerprint density at radius 3 is 2.94 bits per heavy atom. The van der Waals surface area contributed by atoms with Gasteiger partial charge in [0.05, 0.1) is 22.7 Å². The largest absolute Gasteiger partial charge is 0.383 e. The van der Waals surface area contributed by atoms with E-state index in [2.05, 4.69) is 20.9 Å². The van der Waals surface area contributed by atoms with Crippen molar-refractivity contribution in [1.29, 1.82) is 0 Å². The molecule has 166 valence electrons. The number of fused-ring (bicyclic) bond motifs is 1. The molecule has 0 radical (unpaired) electrons. The van der Waals surface area contributed by atoms with Crippen LogP contribution in [0.15, 0.2) is 49.4 Å². The van der Waals surface area contributed by atoms with E-state index in [0.29, 0.717) is 41.5 Å². The first-order valence-electron chi connectivity index (χ1n) is 9.80. The van der Waals surface area contributed by atoms with E-state index in [-0.39, 0.29) is 12.5 Å². The van der Waals surface area contributed by atoms with Crippen LogP contribution in [0.25, 0.3) is 10.2 Å². The van der Waals surface area contributed by atoms with Crippen LogP contribution in [0.2, 0.25) is 0 Å². The molecular weight excluding hydrogens is 522 g/mol. The maximum Gasteiger partial charge on any atom is 0.252 e. The van der Waals surface area contributed by atoms with E-state index in [1.165, 1.54) is 27.0 Å². The number of benzene rings is 1. The van der Waals surface area contributed by atoms with Crippen molar-refractivity contribution in [2.75, 3.05) is 26.8 Å². The number of nitrogens with zero attached hydrogens (tertiary/aromatic N) is 3. The number of halogens is 1. The van der Waals surface area contributed by atoms with Crippen LogP contribution in [0.5, 0.6) is 0 Å². The lowest BCUT2D eigenvalue weighted by Crippen LogP contribution is -2.42. The number of sulfonamides is 1. The minimum Gasteiger partial charge on any atom is -0.383 e. The Labute approximate surface area is 197 Å². The Kier molecular flexibility index (Phi) is 7.09. The Balaban J connectivity index is 1.63. The van der Waals surface area contributed by atoms with E-state index in [1.54, 1.807) is 24.6 Å². The van der Waals surface area contributed by atoms with Crippen LogP contribution >= 0.6 is 38.6 Å². The van der Waals surface area contributed by atoms with E-state index in [1.807, 2.05) is 22.8 Å². The molecule has 0 N–H and O–H groups in total. The summed E-state index contributed by atoms with van der Waals surface area (Å²) in [6.45, 7) is 1.67. The van der Waals surface area contributed by atoms with E-state index in [4.69, 9.17) is 4.74 Å². The molecule has 0 bridgehead atoms. The molecule has 7 nitrogen and oxygen atoms in total. The summed E-state index contributed by atoms with van der Waals surface area (Å²) in [5.41, 5.74) is 0.988. The Hall–Kier alpha value is -1.37. The van der Waals surface area contributed by atoms with Gasteiger partial charge in [0.1, 0.15) is 4.21 Å². The van der Waals surface area contributed by atoms with Gasteiger partial charge in [0.2, 0.25) is 0 Å². The van der Waals surface area contributed by atoms with E-state index in [0.717, 1.165) is 14.7 Å². The maximum absolute atomic E-state index is 13.1. The van der Waals surface area contributed by atoms with Gasteiger partial charge in [-0.05, 0) is 42.5 Å². The highest BCUT2D eigenvalue weighted by molar-refractivity contribution is 9.10. The third-order valence-electron chi connectivity index (χ3n) is 5.19. The van der Waals surface area contributed by atoms with Crippen LogP contribution in [-0.2, 0) is 26.1 Å². The van der Waals surface area contributed by atoms with Gasteiger partial charge in [0.15, 0.2) is 4.80 Å². The number of rotatable bonds is 6. The number of hydrogen-bond donors (Lipinski definition) is 0. The molecular formula is C20H22BrN3O4S3. The number of methoxy groups -OCH3 is 1. The minimum atomic E-state index is -3.57. The quantitative estimate of drug-likeness (QED) is 0.474. The highest BCUT2D eigenvalue weighted by atomic mass is 79.9. The molecule has 31 heavy (non-hydrogen) atoms. The number of hydrogen-bond acceptors (Lipinski definition) is 6. The highest BCUT2D eigenvalue weighted by Crippen LogP contribution is 2.27. The van der Waals surface area contributed by atoms with Crippen LogP contribution in [0.1, 0.15) is 12.8 Å². The summed E-state index contributed by atoms with van der Waals surface area (Å²) in [7, 11) is -1.93. The van der Waals surface area contributed by atoms with Gasteiger partial charge in [-0.2, -0.15) is 9.30 Å². The Bertz CT molecular complexity index is 1250. The molecule has 1 aliphatic rings. The second kappa shape index (κ2) is 9.63. The van der Waals surface area contributed by atoms with Crippen LogP contribution in [0.3, 0.4) is 0 Å². The van der Waals surface area contributed by atoms with Crippen LogP contribution in [-0.4, -0.2) is 50.0 Å². The molecule has 1 unspecified atom stereocenters. The van der Waals surface area contributed by atoms with E-state index >= 15 is 0 Å². The fourth-order valence-electron chi connectivity index (χ4n) is 3.62. The van der Waals surface area contributed by atoms with Gasteiger partial charge in [-0.25, -0.2) is 8.42 Å². The number of carbonyl (C=O) groups is 1. The number of aromatic nitrogens is 1. The molecule has 0 saturated carbocycles. The Morgan fingerprint density at radius 2 is 2.19 bits per heavy atom. The van der Waals surface area contributed by atoms with E-state index < -0.39 is 15.9 Å². The van der Waals surface area contributed by atoms with Crippen LogP contribution in [0.4, 0.5) is 0 Å². The number of thiazole rings is 1. The van der Waals surface area contributed by atoms with Crippen molar-refractivity contribution in [2.24, 2.45) is 10.9 Å². The van der Waals surface area contributed by atoms with Gasteiger partial charge in [-0.3, -0.25) is 4.79 Å². The first kappa shape index (κ1) is 22.8. The molecule has 1 atom stereocenters. The predicted molar refractivity (Wildman–Crippen MR) is 126 cm³/mol. The summed E-state index contributed by atoms with van der Waals surface area (Å²) >= 11 is 6.13. The summed E-state index contributed by atoms with van der Waals surface area (Å²) < 4.78 is 36.7. The van der Waals surface area contributed by atoms with Gasteiger partial charge in [-0.1, -0.05) is 33.3 Å². The first-order chi connectivity index (χ1) is 14.9. The number of carbonyl (C=O) groups excluding carboxylic acids is 1. The van der Waals surface area contributed by atoms with Crippen molar-refractivity contribution in [1.82, 2.24) is 8.87 Å². The standard InChI is InChI=1S/C20H22BrN3O4S3/c1-28-10-9-24-16-7-6-15(21)12-17(16)30-20(24)22-19(25)14-4-2-8-23(13-14)31(26,27)18-5-3-11-29-18/h3,5-7,11-12,14H,2,4,8-10,13H2,1H3. The summed E-state index contributed by atoms with van der Waals surface area (Å²) in [6.07, 6.45) is 1.27. The lowest BCUT2D eigenvalue weighted by atomic mass is 9.99. The second-order valence-electron chi connectivity index (χ2n) is 7.23. The van der Waals surface area contributed by atoms with Gasteiger partial charge in [0.25, 0.3) is 15.9 Å². The first-order valence-corrected chi connectivity index (χ1v) is 13.7. The topological polar surface area (TPSA) is 81.0 Å². The van der Waals surface area contributed by atoms with Crippen molar-refractivity contribution in [3.63, 3.8) is 0 Å². The molecule has 1 aliphatic heterocycles. The molecule has 2 aromatic heterocycles. The monoisotopic (exact) mass is 543 g/mol. The van der Waals surface area contributed by atoms with Crippen molar-refractivity contribution in [3.8, 4) is 0 Å². The molecule has 3 aromatic rings. The Morgan fingerprint density at radius 1 is 1.35 bits per heavy atom. The SMILES string of the molecule is COCCn1c(=NC(=O)C2CCCN(S(=O)(=O)c3cccs3)C2)sc2cc(Br)ccc21. The van der Waals surface area contributed by atoms with E-state index in [9.17, 15) is 13.2 Å². The molecule has 1 fully saturated rings. The third-order valence-corrected chi connectivity index (χ3v) is 9.96. The van der Waals surface area contributed by atoms with Gasteiger partial charge < -0.3 is 9.30 Å². The zero-order chi connectivity index (χ0) is 22.0. The van der Waals surface area contributed by atoms with Crippen molar-refractivity contribution in [2.45, 2.75) is 23.6 Å². The summed E-state index contributed by atoms with van der Waals surface area (Å²) in [5.74, 6) is -0.723. The molecule has 4 rings (SSSR count). The summed E-state index contributed by atoms with van der Waals surface area (Å²) in [4.78, 5) is 18.1. The van der Waals surface area contributed by atoms with Crippen molar-refractivity contribution >= 4 is 64.8 Å². The number of amides is 1. The molecule has 0 spiro atoms. The molecule has 1 amide bonds. The molecule has 3 heterocycles. The van der Waals surface area contributed by atoms with Gasteiger partial charge in [0, 0.05) is 31.2 Å². The molecule has 1 aromatic carbocycles. The van der Waals surface area contributed by atoms with Gasteiger partial charge >= 0.3 is 0 Å².